The van der Waals surface area contributed by atoms with E-state index in [1.807, 2.05) is 36.4 Å². The highest BCUT2D eigenvalue weighted by Gasteiger charge is 2.43. The second-order valence-corrected chi connectivity index (χ2v) is 8.54. The number of halogens is 1. The maximum absolute atomic E-state index is 12.6. The number of amides is 1. The molecule has 2 atom stereocenters. The van der Waals surface area contributed by atoms with Gasteiger partial charge in [-0.1, -0.05) is 30.3 Å². The van der Waals surface area contributed by atoms with Crippen molar-refractivity contribution in [3.8, 4) is 5.75 Å². The van der Waals surface area contributed by atoms with Gasteiger partial charge in [0.15, 0.2) is 0 Å². The van der Waals surface area contributed by atoms with Crippen LogP contribution in [0.1, 0.15) is 27.2 Å². The first-order valence-electron chi connectivity index (χ1n) is 9.11. The normalized spacial score (nSPS) is 19.5. The fourth-order valence-electron chi connectivity index (χ4n) is 3.25. The van der Waals surface area contributed by atoms with Crippen LogP contribution < -0.4 is 4.74 Å². The van der Waals surface area contributed by atoms with E-state index >= 15 is 0 Å². The molecule has 0 radical (unpaired) electrons. The van der Waals surface area contributed by atoms with Crippen LogP contribution in [0.2, 0.25) is 0 Å². The molecule has 0 bridgehead atoms. The number of esters is 1. The summed E-state index contributed by atoms with van der Waals surface area (Å²) in [5.74, 6) is 0.188. The van der Waals surface area contributed by atoms with Gasteiger partial charge in [0.1, 0.15) is 23.5 Å². The zero-order valence-corrected chi connectivity index (χ0v) is 18.0. The van der Waals surface area contributed by atoms with Gasteiger partial charge in [0, 0.05) is 6.42 Å². The van der Waals surface area contributed by atoms with Crippen molar-refractivity contribution < 1.29 is 23.8 Å². The maximum atomic E-state index is 12.6. The van der Waals surface area contributed by atoms with Crippen molar-refractivity contribution >= 4 is 38.8 Å². The molecule has 1 saturated heterocycles. The molecule has 1 aliphatic rings. The smallest absolute Gasteiger partial charge is 0.411 e. The molecular weight excluding hydrogens is 426 g/mol. The first-order chi connectivity index (χ1) is 13.2. The molecule has 1 amide bonds. The van der Waals surface area contributed by atoms with Gasteiger partial charge in [-0.2, -0.15) is 0 Å². The Balaban J connectivity index is 1.81. The number of carbonyl (C=O) groups excluding carboxylic acids is 2. The van der Waals surface area contributed by atoms with Crippen molar-refractivity contribution in [1.29, 1.82) is 0 Å². The number of methoxy groups -OCH3 is 1. The van der Waals surface area contributed by atoms with Crippen LogP contribution in [-0.4, -0.2) is 48.4 Å². The Bertz CT molecular complexity index is 892. The summed E-state index contributed by atoms with van der Waals surface area (Å²) in [6.07, 6.45) is -0.564. The van der Waals surface area contributed by atoms with E-state index in [0.29, 0.717) is 12.2 Å². The predicted molar refractivity (Wildman–Crippen MR) is 109 cm³/mol. The van der Waals surface area contributed by atoms with Crippen molar-refractivity contribution in [3.05, 3.63) is 40.9 Å². The van der Waals surface area contributed by atoms with Gasteiger partial charge in [-0.15, -0.1) is 0 Å². The summed E-state index contributed by atoms with van der Waals surface area (Å²) in [4.78, 5) is 26.1. The number of ether oxygens (including phenoxy) is 3. The van der Waals surface area contributed by atoms with E-state index in [1.54, 1.807) is 20.8 Å². The molecule has 28 heavy (non-hydrogen) atoms. The Kier molecular flexibility index (Phi) is 5.84. The molecule has 0 saturated carbocycles. The van der Waals surface area contributed by atoms with Gasteiger partial charge in [-0.25, -0.2) is 9.59 Å². The summed E-state index contributed by atoms with van der Waals surface area (Å²) >= 11 is 3.61. The van der Waals surface area contributed by atoms with E-state index in [0.717, 1.165) is 15.2 Å². The molecule has 1 heterocycles. The van der Waals surface area contributed by atoms with Gasteiger partial charge in [0.25, 0.3) is 0 Å². The quantitative estimate of drug-likeness (QED) is 0.643. The molecule has 0 aliphatic carbocycles. The monoisotopic (exact) mass is 449 g/mol. The Morgan fingerprint density at radius 2 is 1.86 bits per heavy atom. The fourth-order valence-corrected chi connectivity index (χ4v) is 3.84. The van der Waals surface area contributed by atoms with Crippen molar-refractivity contribution in [2.45, 2.75) is 44.9 Å². The number of fused-ring (bicyclic) bond motifs is 1. The molecule has 0 spiro atoms. The average Bonchev–Trinajstić information content (AvgIpc) is 3.06. The van der Waals surface area contributed by atoms with Crippen LogP contribution in [0.25, 0.3) is 10.8 Å². The lowest BCUT2D eigenvalue weighted by Crippen LogP contribution is -2.44. The average molecular weight is 450 g/mol. The van der Waals surface area contributed by atoms with E-state index < -0.39 is 23.7 Å². The highest BCUT2D eigenvalue weighted by molar-refractivity contribution is 9.10. The van der Waals surface area contributed by atoms with Crippen LogP contribution in [0.15, 0.2) is 40.9 Å². The number of carbonyl (C=O) groups is 2. The second kappa shape index (κ2) is 7.99. The molecule has 1 aliphatic heterocycles. The number of hydrogen-bond donors (Lipinski definition) is 0. The van der Waals surface area contributed by atoms with Gasteiger partial charge in [-0.3, -0.25) is 4.90 Å². The fraction of sp³-hybridized carbons (Fsp3) is 0.429. The molecular formula is C21H24BrNO5. The molecule has 2 aromatic carbocycles. The van der Waals surface area contributed by atoms with Gasteiger partial charge in [-0.05, 0) is 53.5 Å². The SMILES string of the molecule is COC(=O)[C@@H]1C[C@@H](Oc2ccc3ccccc3c2Br)CN1C(=O)OC(C)(C)C. The number of nitrogens with zero attached hydrogens (tertiary/aromatic N) is 1. The number of benzene rings is 2. The zero-order chi connectivity index (χ0) is 20.5. The molecule has 0 aromatic heterocycles. The minimum Gasteiger partial charge on any atom is -0.487 e. The summed E-state index contributed by atoms with van der Waals surface area (Å²) < 4.78 is 17.3. The van der Waals surface area contributed by atoms with Crippen LogP contribution in [0, 0.1) is 0 Å². The van der Waals surface area contributed by atoms with Crippen LogP contribution in [0.3, 0.4) is 0 Å². The molecule has 0 N–H and O–H groups in total. The van der Waals surface area contributed by atoms with E-state index in [-0.39, 0.29) is 12.6 Å². The lowest BCUT2D eigenvalue weighted by Gasteiger charge is -2.27. The Labute approximate surface area is 172 Å². The number of rotatable bonds is 3. The molecule has 0 unspecified atom stereocenters. The van der Waals surface area contributed by atoms with E-state index in [9.17, 15) is 9.59 Å². The highest BCUT2D eigenvalue weighted by atomic mass is 79.9. The van der Waals surface area contributed by atoms with E-state index in [4.69, 9.17) is 14.2 Å². The molecule has 2 aromatic rings. The highest BCUT2D eigenvalue weighted by Crippen LogP contribution is 2.35. The Morgan fingerprint density at radius 1 is 1.14 bits per heavy atom. The molecule has 7 heteroatoms. The molecule has 6 nitrogen and oxygen atoms in total. The Morgan fingerprint density at radius 3 is 2.54 bits per heavy atom. The summed E-state index contributed by atoms with van der Waals surface area (Å²) in [5.41, 5.74) is -0.655. The van der Waals surface area contributed by atoms with Crippen molar-refractivity contribution in [2.24, 2.45) is 0 Å². The first kappa shape index (κ1) is 20.5. The van der Waals surface area contributed by atoms with Gasteiger partial charge in [0.05, 0.1) is 18.1 Å². The summed E-state index contributed by atoms with van der Waals surface area (Å²) in [5, 5.41) is 2.13. The molecule has 1 fully saturated rings. The van der Waals surface area contributed by atoms with Crippen LogP contribution in [0.5, 0.6) is 5.75 Å². The van der Waals surface area contributed by atoms with Crippen molar-refractivity contribution in [3.63, 3.8) is 0 Å². The van der Waals surface area contributed by atoms with Gasteiger partial charge < -0.3 is 14.2 Å². The third-order valence-corrected chi connectivity index (χ3v) is 5.30. The molecule has 3 rings (SSSR count). The first-order valence-corrected chi connectivity index (χ1v) is 9.90. The summed E-state index contributed by atoms with van der Waals surface area (Å²) in [6.45, 7) is 5.60. The van der Waals surface area contributed by atoms with Crippen molar-refractivity contribution in [2.75, 3.05) is 13.7 Å². The summed E-state index contributed by atoms with van der Waals surface area (Å²) in [7, 11) is 1.31. The lowest BCUT2D eigenvalue weighted by atomic mass is 10.1. The van der Waals surface area contributed by atoms with Crippen molar-refractivity contribution in [1.82, 2.24) is 4.90 Å². The third-order valence-electron chi connectivity index (χ3n) is 4.49. The van der Waals surface area contributed by atoms with Gasteiger partial charge in [0.2, 0.25) is 0 Å². The topological polar surface area (TPSA) is 65.1 Å². The third kappa shape index (κ3) is 4.41. The largest absolute Gasteiger partial charge is 0.487 e. The Hall–Kier alpha value is -2.28. The maximum Gasteiger partial charge on any atom is 0.411 e. The predicted octanol–water partition coefficient (Wildman–Crippen LogP) is 4.53. The summed E-state index contributed by atoms with van der Waals surface area (Å²) in [6, 6.07) is 11.1. The van der Waals surface area contributed by atoms with Gasteiger partial charge >= 0.3 is 12.1 Å². The zero-order valence-electron chi connectivity index (χ0n) is 16.4. The minimum atomic E-state index is -0.732. The standard InChI is InChI=1S/C21H24BrNO5/c1-21(2,3)28-20(25)23-12-14(11-16(23)19(24)26-4)27-17-10-9-13-7-5-6-8-15(13)18(17)22/h5-10,14,16H,11-12H2,1-4H3/t14-,16+/m1/s1. The lowest BCUT2D eigenvalue weighted by molar-refractivity contribution is -0.145. The number of likely N-dealkylation sites (tertiary alicyclic amines) is 1. The van der Waals surface area contributed by atoms with Crippen LogP contribution >= 0.6 is 15.9 Å². The molecule has 150 valence electrons. The number of hydrogen-bond acceptors (Lipinski definition) is 5. The van der Waals surface area contributed by atoms with E-state index in [2.05, 4.69) is 15.9 Å². The van der Waals surface area contributed by atoms with E-state index in [1.165, 1.54) is 12.0 Å². The minimum absolute atomic E-state index is 0.244. The van der Waals surface area contributed by atoms with Crippen LogP contribution in [0.4, 0.5) is 4.79 Å². The second-order valence-electron chi connectivity index (χ2n) is 7.75. The van der Waals surface area contributed by atoms with Crippen LogP contribution in [-0.2, 0) is 14.3 Å².